The van der Waals surface area contributed by atoms with Crippen molar-refractivity contribution >= 4 is 27.1 Å². The molecule has 0 spiro atoms. The van der Waals surface area contributed by atoms with Gasteiger partial charge in [-0.3, -0.25) is 0 Å². The second-order valence-electron chi connectivity index (χ2n) is 2.89. The van der Waals surface area contributed by atoms with Crippen molar-refractivity contribution in [2.75, 3.05) is 17.6 Å². The molecule has 3 nitrogen and oxygen atoms in total. The predicted molar refractivity (Wildman–Crippen MR) is 52.0 cm³/mol. The number of benzene rings is 1. The van der Waals surface area contributed by atoms with Gasteiger partial charge in [0, 0.05) is 11.6 Å². The van der Waals surface area contributed by atoms with Crippen molar-refractivity contribution in [1.82, 2.24) is 0 Å². The van der Waals surface area contributed by atoms with Gasteiger partial charge in [-0.1, -0.05) is 11.6 Å². The van der Waals surface area contributed by atoms with Crippen LogP contribution >= 0.6 is 11.6 Å². The highest BCUT2D eigenvalue weighted by Gasteiger charge is 2.22. The van der Waals surface area contributed by atoms with E-state index in [1.165, 1.54) is 0 Å². The van der Waals surface area contributed by atoms with E-state index in [4.69, 9.17) is 11.6 Å². The molecular formula is C8H8ClNO2S. The lowest BCUT2D eigenvalue weighted by atomic mass is 10.3. The van der Waals surface area contributed by atoms with E-state index in [9.17, 15) is 8.42 Å². The number of fused-ring (bicyclic) bond motifs is 1. The third kappa shape index (κ3) is 1.51. The van der Waals surface area contributed by atoms with Crippen LogP contribution in [0.5, 0.6) is 0 Å². The standard InChI is InChI=1S/C8H8ClNO2S/c9-6-1-2-8-7(5-6)10-3-4-13(8,11)12/h1-2,5,10H,3-4H2. The van der Waals surface area contributed by atoms with E-state index in [1.54, 1.807) is 18.2 Å². The van der Waals surface area contributed by atoms with Crippen molar-refractivity contribution < 1.29 is 8.42 Å². The molecule has 0 bridgehead atoms. The maximum atomic E-state index is 11.5. The summed E-state index contributed by atoms with van der Waals surface area (Å²) >= 11 is 5.73. The summed E-state index contributed by atoms with van der Waals surface area (Å²) in [6.45, 7) is 0.454. The molecule has 13 heavy (non-hydrogen) atoms. The van der Waals surface area contributed by atoms with Crippen molar-refractivity contribution in [3.05, 3.63) is 23.2 Å². The molecule has 5 heteroatoms. The van der Waals surface area contributed by atoms with Crippen molar-refractivity contribution in [2.24, 2.45) is 0 Å². The molecule has 1 aliphatic rings. The number of nitrogens with one attached hydrogen (secondary N) is 1. The van der Waals surface area contributed by atoms with Crippen LogP contribution in [0.4, 0.5) is 5.69 Å². The lowest BCUT2D eigenvalue weighted by molar-refractivity contribution is 0.595. The number of sulfone groups is 1. The Balaban J connectivity index is 2.66. The zero-order chi connectivity index (χ0) is 9.47. The van der Waals surface area contributed by atoms with Gasteiger partial charge in [0.1, 0.15) is 0 Å². The Morgan fingerprint density at radius 2 is 2.15 bits per heavy atom. The van der Waals surface area contributed by atoms with Gasteiger partial charge in [0.25, 0.3) is 0 Å². The van der Waals surface area contributed by atoms with Gasteiger partial charge in [-0.15, -0.1) is 0 Å². The van der Waals surface area contributed by atoms with Gasteiger partial charge in [0.15, 0.2) is 9.84 Å². The Labute approximate surface area is 81.6 Å². The summed E-state index contributed by atoms with van der Waals surface area (Å²) in [6.07, 6.45) is 0. The minimum atomic E-state index is -3.08. The SMILES string of the molecule is O=S1(=O)CCNc2cc(Cl)ccc21. The van der Waals surface area contributed by atoms with E-state index in [-0.39, 0.29) is 5.75 Å². The van der Waals surface area contributed by atoms with Gasteiger partial charge in [0.05, 0.1) is 16.3 Å². The molecule has 1 aromatic carbocycles. The summed E-state index contributed by atoms with van der Waals surface area (Å²) in [7, 11) is -3.08. The third-order valence-electron chi connectivity index (χ3n) is 1.96. The molecule has 1 aliphatic heterocycles. The van der Waals surface area contributed by atoms with Crippen LogP contribution < -0.4 is 5.32 Å². The highest BCUT2D eigenvalue weighted by atomic mass is 35.5. The van der Waals surface area contributed by atoms with E-state index in [2.05, 4.69) is 5.32 Å². The van der Waals surface area contributed by atoms with Gasteiger partial charge >= 0.3 is 0 Å². The zero-order valence-electron chi connectivity index (χ0n) is 6.75. The number of halogens is 1. The number of hydrogen-bond acceptors (Lipinski definition) is 3. The average molecular weight is 218 g/mol. The fraction of sp³-hybridized carbons (Fsp3) is 0.250. The normalized spacial score (nSPS) is 18.8. The second kappa shape index (κ2) is 2.89. The fourth-order valence-electron chi connectivity index (χ4n) is 1.34. The Bertz CT molecular complexity index is 441. The summed E-state index contributed by atoms with van der Waals surface area (Å²) in [5, 5.41) is 3.54. The van der Waals surface area contributed by atoms with Crippen LogP contribution in [-0.4, -0.2) is 20.7 Å². The molecular weight excluding hydrogens is 210 g/mol. The Morgan fingerprint density at radius 3 is 2.92 bits per heavy atom. The molecule has 0 aromatic heterocycles. The number of rotatable bonds is 0. The topological polar surface area (TPSA) is 46.2 Å². The molecule has 70 valence electrons. The predicted octanol–water partition coefficient (Wildman–Crippen LogP) is 1.54. The Hall–Kier alpha value is -0.740. The van der Waals surface area contributed by atoms with Crippen molar-refractivity contribution in [2.45, 2.75) is 4.90 Å². The summed E-state index contributed by atoms with van der Waals surface area (Å²) in [4.78, 5) is 0.350. The minimum absolute atomic E-state index is 0.154. The highest BCUT2D eigenvalue weighted by molar-refractivity contribution is 7.91. The number of hydrogen-bond donors (Lipinski definition) is 1. The van der Waals surface area contributed by atoms with Gasteiger partial charge in [-0.25, -0.2) is 8.42 Å². The molecule has 0 radical (unpaired) electrons. The molecule has 0 saturated carbocycles. The zero-order valence-corrected chi connectivity index (χ0v) is 8.32. The van der Waals surface area contributed by atoms with Gasteiger partial charge in [-0.2, -0.15) is 0 Å². The molecule has 1 N–H and O–H groups in total. The molecule has 0 fully saturated rings. The third-order valence-corrected chi connectivity index (χ3v) is 3.97. The maximum Gasteiger partial charge on any atom is 0.182 e. The minimum Gasteiger partial charge on any atom is -0.383 e. The van der Waals surface area contributed by atoms with Crippen molar-refractivity contribution in [1.29, 1.82) is 0 Å². The van der Waals surface area contributed by atoms with Crippen LogP contribution in [0.2, 0.25) is 5.02 Å². The molecule has 0 aliphatic carbocycles. The van der Waals surface area contributed by atoms with Crippen LogP contribution in [0.1, 0.15) is 0 Å². The van der Waals surface area contributed by atoms with Gasteiger partial charge in [0.2, 0.25) is 0 Å². The smallest absolute Gasteiger partial charge is 0.182 e. The van der Waals surface area contributed by atoms with Gasteiger partial charge in [-0.05, 0) is 18.2 Å². The molecule has 0 unspecified atom stereocenters. The number of anilines is 1. The van der Waals surface area contributed by atoms with Gasteiger partial charge < -0.3 is 5.32 Å². The molecule has 1 aromatic rings. The second-order valence-corrected chi connectivity index (χ2v) is 5.40. The van der Waals surface area contributed by atoms with E-state index in [0.717, 1.165) is 0 Å². The summed E-state index contributed by atoms with van der Waals surface area (Å²) in [5.41, 5.74) is 0.610. The molecule has 2 rings (SSSR count). The van der Waals surface area contributed by atoms with Crippen LogP contribution in [0.25, 0.3) is 0 Å². The lowest BCUT2D eigenvalue weighted by Gasteiger charge is -2.17. The lowest BCUT2D eigenvalue weighted by Crippen LogP contribution is -2.23. The van der Waals surface area contributed by atoms with Crippen molar-refractivity contribution in [3.8, 4) is 0 Å². The molecule has 0 saturated heterocycles. The summed E-state index contributed by atoms with van der Waals surface area (Å²) in [6, 6.07) is 4.76. The first-order chi connectivity index (χ1) is 6.09. The first-order valence-corrected chi connectivity index (χ1v) is 5.89. The highest BCUT2D eigenvalue weighted by Crippen LogP contribution is 2.28. The first kappa shape index (κ1) is 8.84. The molecule has 0 atom stereocenters. The average Bonchev–Trinajstić information content (AvgIpc) is 2.02. The van der Waals surface area contributed by atoms with E-state index >= 15 is 0 Å². The van der Waals surface area contributed by atoms with Crippen LogP contribution in [0.3, 0.4) is 0 Å². The first-order valence-electron chi connectivity index (χ1n) is 3.86. The largest absolute Gasteiger partial charge is 0.383 e. The summed E-state index contributed by atoms with van der Waals surface area (Å²) in [5.74, 6) is 0.154. The molecule has 1 heterocycles. The van der Waals surface area contributed by atoms with E-state index in [1.807, 2.05) is 0 Å². The summed E-state index contributed by atoms with van der Waals surface area (Å²) < 4.78 is 23.0. The quantitative estimate of drug-likeness (QED) is 0.717. The van der Waals surface area contributed by atoms with Crippen LogP contribution in [0.15, 0.2) is 23.1 Å². The van der Waals surface area contributed by atoms with E-state index in [0.29, 0.717) is 22.2 Å². The monoisotopic (exact) mass is 217 g/mol. The molecule has 0 amide bonds. The van der Waals surface area contributed by atoms with Crippen LogP contribution in [-0.2, 0) is 9.84 Å². The van der Waals surface area contributed by atoms with Crippen LogP contribution in [0, 0.1) is 0 Å². The Kier molecular flexibility index (Phi) is 1.96. The Morgan fingerprint density at radius 1 is 1.38 bits per heavy atom. The van der Waals surface area contributed by atoms with Crippen molar-refractivity contribution in [3.63, 3.8) is 0 Å². The van der Waals surface area contributed by atoms with E-state index < -0.39 is 9.84 Å². The fourth-order valence-corrected chi connectivity index (χ4v) is 2.85. The maximum absolute atomic E-state index is 11.5.